The van der Waals surface area contributed by atoms with Gasteiger partial charge in [-0.1, -0.05) is 80.6 Å². The Labute approximate surface area is 305 Å². The number of amides is 4. The highest BCUT2D eigenvalue weighted by molar-refractivity contribution is 6.07. The third-order valence-electron chi connectivity index (χ3n) is 9.96. The molecule has 0 unspecified atom stereocenters. The third kappa shape index (κ3) is 7.74. The molecule has 272 valence electrons. The Morgan fingerprint density at radius 1 is 1.00 bits per heavy atom. The number of fused-ring (bicyclic) bond motifs is 2. The summed E-state index contributed by atoms with van der Waals surface area (Å²) in [5.41, 5.74) is 4.06. The Bertz CT molecular complexity index is 1940. The average Bonchev–Trinajstić information content (AvgIpc) is 3.47. The fourth-order valence-electron chi connectivity index (χ4n) is 7.41. The normalized spacial score (nSPS) is 17.9. The van der Waals surface area contributed by atoms with Gasteiger partial charge in [0.05, 0.1) is 24.2 Å². The van der Waals surface area contributed by atoms with Crippen LogP contribution in [0.4, 0.5) is 0 Å². The lowest BCUT2D eigenvalue weighted by atomic mass is 9.97. The van der Waals surface area contributed by atoms with Gasteiger partial charge in [-0.05, 0) is 47.6 Å². The van der Waals surface area contributed by atoms with Gasteiger partial charge < -0.3 is 24.8 Å². The van der Waals surface area contributed by atoms with Crippen LogP contribution in [-0.2, 0) is 40.8 Å². The molecule has 2 N–H and O–H groups in total. The van der Waals surface area contributed by atoms with E-state index in [4.69, 9.17) is 0 Å². The molecule has 4 amide bonds. The predicted molar refractivity (Wildman–Crippen MR) is 200 cm³/mol. The number of rotatable bonds is 13. The van der Waals surface area contributed by atoms with Crippen molar-refractivity contribution in [1.29, 1.82) is 0 Å². The van der Waals surface area contributed by atoms with Gasteiger partial charge in [-0.15, -0.1) is 6.58 Å². The van der Waals surface area contributed by atoms with Gasteiger partial charge in [-0.2, -0.15) is 0 Å². The highest BCUT2D eigenvalue weighted by atomic mass is 16.3. The second kappa shape index (κ2) is 15.9. The lowest BCUT2D eigenvalue weighted by Gasteiger charge is -2.55. The summed E-state index contributed by atoms with van der Waals surface area (Å²) in [4.78, 5) is 59.4. The summed E-state index contributed by atoms with van der Waals surface area (Å²) in [6, 6.07) is 21.3. The molecule has 0 saturated carbocycles. The standard InChI is InChI=1S/C41H48N6O5/c1-5-22-45-27-38(50)46-35(23-30-14-17-32(48)18-15-30)41(52)44(26-36(46)47(45)37(49)19-16-29-10-7-6-8-11-29)24-31-12-9-13-33-34(25-43(4)39(31)33)40(51)42-21-20-28(2)3/h5-15,17-18,25,28,35-36,48H,1,16,19-24,26-27H2,2-4H3,(H,42,51)/t35-,36-/m0/s1. The summed E-state index contributed by atoms with van der Waals surface area (Å²) in [6.45, 7) is 9.23. The van der Waals surface area contributed by atoms with Gasteiger partial charge in [0.25, 0.3) is 5.91 Å². The Morgan fingerprint density at radius 2 is 1.75 bits per heavy atom. The van der Waals surface area contributed by atoms with Crippen molar-refractivity contribution in [1.82, 2.24) is 29.7 Å². The van der Waals surface area contributed by atoms with Gasteiger partial charge in [0, 0.05) is 51.1 Å². The maximum Gasteiger partial charge on any atom is 0.253 e. The smallest absolute Gasteiger partial charge is 0.253 e. The summed E-state index contributed by atoms with van der Waals surface area (Å²) in [5.74, 6) is -0.198. The van der Waals surface area contributed by atoms with Crippen LogP contribution >= 0.6 is 0 Å². The van der Waals surface area contributed by atoms with Crippen LogP contribution in [0.25, 0.3) is 10.9 Å². The monoisotopic (exact) mass is 704 g/mol. The van der Waals surface area contributed by atoms with Crippen LogP contribution in [0.5, 0.6) is 5.75 Å². The van der Waals surface area contributed by atoms with E-state index in [1.807, 2.05) is 66.3 Å². The highest BCUT2D eigenvalue weighted by Crippen LogP contribution is 2.32. The number of nitrogens with one attached hydrogen (secondary N) is 1. The number of phenolic OH excluding ortho intramolecular Hbond substituents is 1. The lowest BCUT2D eigenvalue weighted by Crippen LogP contribution is -2.75. The number of hydrazine groups is 1. The van der Waals surface area contributed by atoms with E-state index in [2.05, 4.69) is 25.7 Å². The van der Waals surface area contributed by atoms with Crippen LogP contribution < -0.4 is 5.32 Å². The van der Waals surface area contributed by atoms with Gasteiger partial charge in [0.2, 0.25) is 17.7 Å². The lowest BCUT2D eigenvalue weighted by molar-refractivity contribution is -0.205. The number of aromatic nitrogens is 1. The summed E-state index contributed by atoms with van der Waals surface area (Å²) >= 11 is 0. The van der Waals surface area contributed by atoms with Crippen molar-refractivity contribution in [2.24, 2.45) is 13.0 Å². The van der Waals surface area contributed by atoms with Crippen molar-refractivity contribution in [2.75, 3.05) is 26.2 Å². The molecular weight excluding hydrogens is 656 g/mol. The number of phenols is 1. The molecule has 1 aromatic heterocycles. The molecule has 2 atom stereocenters. The Balaban J connectivity index is 1.35. The van der Waals surface area contributed by atoms with E-state index >= 15 is 0 Å². The molecule has 3 aromatic carbocycles. The van der Waals surface area contributed by atoms with Crippen LogP contribution in [-0.4, -0.2) is 91.5 Å². The number of aromatic hydroxyl groups is 1. The summed E-state index contributed by atoms with van der Waals surface area (Å²) in [5, 5.41) is 17.2. The Morgan fingerprint density at radius 3 is 2.46 bits per heavy atom. The zero-order valence-corrected chi connectivity index (χ0v) is 30.2. The molecule has 0 spiro atoms. The van der Waals surface area contributed by atoms with Crippen LogP contribution in [0.2, 0.25) is 0 Å². The molecule has 6 rings (SSSR count). The van der Waals surface area contributed by atoms with Crippen molar-refractivity contribution in [2.45, 2.75) is 58.3 Å². The molecule has 0 radical (unpaired) electrons. The molecule has 2 fully saturated rings. The van der Waals surface area contributed by atoms with E-state index < -0.39 is 12.2 Å². The maximum atomic E-state index is 14.6. The Hall–Kier alpha value is -5.42. The minimum atomic E-state index is -0.888. The predicted octanol–water partition coefficient (Wildman–Crippen LogP) is 4.65. The largest absolute Gasteiger partial charge is 0.508 e. The first-order valence-corrected chi connectivity index (χ1v) is 18.0. The van der Waals surface area contributed by atoms with Gasteiger partial charge >= 0.3 is 0 Å². The van der Waals surface area contributed by atoms with Crippen molar-refractivity contribution in [3.05, 3.63) is 114 Å². The van der Waals surface area contributed by atoms with Gasteiger partial charge in [0.15, 0.2) is 0 Å². The number of benzene rings is 3. The molecule has 2 aliphatic heterocycles. The van der Waals surface area contributed by atoms with E-state index in [9.17, 15) is 24.3 Å². The van der Waals surface area contributed by atoms with Crippen molar-refractivity contribution < 1.29 is 24.3 Å². The fourth-order valence-corrected chi connectivity index (χ4v) is 7.41. The SMILES string of the molecule is C=CCN1CC(=O)N2[C@@H](Cc3ccc(O)cc3)C(=O)N(Cc3cccc4c(C(=O)NCCC(C)C)cn(C)c34)C[C@@H]2N1C(=O)CCc1ccccc1. The number of nitrogens with zero attached hydrogens (tertiary/aromatic N) is 5. The highest BCUT2D eigenvalue weighted by Gasteiger charge is 2.51. The number of hydrogen-bond donors (Lipinski definition) is 2. The van der Waals surface area contributed by atoms with Crippen LogP contribution in [0.1, 0.15) is 53.7 Å². The average molecular weight is 705 g/mol. The van der Waals surface area contributed by atoms with E-state index in [1.54, 1.807) is 50.2 Å². The first kappa shape index (κ1) is 36.4. The number of carbonyl (C=O) groups excluding carboxylic acids is 4. The molecule has 11 heteroatoms. The molecule has 4 aromatic rings. The Kier molecular flexibility index (Phi) is 11.1. The molecular formula is C41H48N6O5. The molecule has 2 aliphatic rings. The maximum absolute atomic E-state index is 14.6. The van der Waals surface area contributed by atoms with E-state index in [0.29, 0.717) is 24.4 Å². The van der Waals surface area contributed by atoms with Gasteiger partial charge in [-0.3, -0.25) is 19.2 Å². The van der Waals surface area contributed by atoms with E-state index in [1.165, 1.54) is 0 Å². The molecule has 52 heavy (non-hydrogen) atoms. The zero-order chi connectivity index (χ0) is 36.9. The van der Waals surface area contributed by atoms with E-state index in [0.717, 1.165) is 34.0 Å². The number of piperazine rings is 1. The van der Waals surface area contributed by atoms with Crippen molar-refractivity contribution in [3.8, 4) is 5.75 Å². The topological polar surface area (TPSA) is 118 Å². The van der Waals surface area contributed by atoms with E-state index in [-0.39, 0.29) is 68.4 Å². The molecule has 0 bridgehead atoms. The van der Waals surface area contributed by atoms with Crippen LogP contribution in [0, 0.1) is 5.92 Å². The third-order valence-corrected chi connectivity index (χ3v) is 9.96. The van der Waals surface area contributed by atoms with Gasteiger partial charge in [0.1, 0.15) is 18.0 Å². The van der Waals surface area contributed by atoms with Crippen molar-refractivity contribution in [3.63, 3.8) is 0 Å². The molecule has 2 saturated heterocycles. The second-order valence-electron chi connectivity index (χ2n) is 14.2. The van der Waals surface area contributed by atoms with Crippen LogP contribution in [0.15, 0.2) is 91.6 Å². The van der Waals surface area contributed by atoms with Crippen molar-refractivity contribution >= 4 is 34.5 Å². The first-order valence-electron chi connectivity index (χ1n) is 18.0. The quantitative estimate of drug-likeness (QED) is 0.196. The van der Waals surface area contributed by atoms with Crippen LogP contribution in [0.3, 0.4) is 0 Å². The summed E-state index contributed by atoms with van der Waals surface area (Å²) < 4.78 is 1.92. The molecule has 0 aliphatic carbocycles. The molecule has 3 heterocycles. The summed E-state index contributed by atoms with van der Waals surface area (Å²) in [6.07, 6.45) is 4.58. The fraction of sp³-hybridized carbons (Fsp3) is 0.366. The second-order valence-corrected chi connectivity index (χ2v) is 14.2. The number of hydrogen-bond acceptors (Lipinski definition) is 6. The number of carbonyl (C=O) groups is 4. The zero-order valence-electron chi connectivity index (χ0n) is 30.2. The summed E-state index contributed by atoms with van der Waals surface area (Å²) in [7, 11) is 1.89. The molecule has 11 nitrogen and oxygen atoms in total. The first-order chi connectivity index (χ1) is 25.0. The van der Waals surface area contributed by atoms with Gasteiger partial charge in [-0.25, -0.2) is 10.0 Å². The number of aryl methyl sites for hydroxylation is 2. The minimum absolute atomic E-state index is 0.0659. The minimum Gasteiger partial charge on any atom is -0.508 e. The number of para-hydroxylation sites is 1.